The number of nitrogens with zero attached hydrogens (tertiary/aromatic N) is 1. The van der Waals surface area contributed by atoms with E-state index < -0.39 is 0 Å². The number of para-hydroxylation sites is 1. The van der Waals surface area contributed by atoms with E-state index in [0.29, 0.717) is 12.6 Å². The van der Waals surface area contributed by atoms with Crippen molar-refractivity contribution in [1.29, 1.82) is 0 Å². The molecule has 1 heterocycles. The molecule has 0 amide bonds. The van der Waals surface area contributed by atoms with E-state index in [2.05, 4.69) is 35.3 Å². The lowest BCUT2D eigenvalue weighted by Gasteiger charge is -2.38. The van der Waals surface area contributed by atoms with E-state index in [1.165, 1.54) is 11.3 Å². The van der Waals surface area contributed by atoms with Gasteiger partial charge in [-0.2, -0.15) is 0 Å². The van der Waals surface area contributed by atoms with Crippen molar-refractivity contribution in [2.24, 2.45) is 0 Å². The maximum atomic E-state index is 9.47. The molecule has 2 unspecified atom stereocenters. The molecule has 2 atom stereocenters. The summed E-state index contributed by atoms with van der Waals surface area (Å²) in [6, 6.07) is 8.72. The molecule has 1 aliphatic rings. The van der Waals surface area contributed by atoms with E-state index in [-0.39, 0.29) is 12.6 Å². The third-order valence-electron chi connectivity index (χ3n) is 3.58. The largest absolute Gasteiger partial charge is 0.394 e. The Hall–Kier alpha value is -1.10. The van der Waals surface area contributed by atoms with Crippen LogP contribution >= 0.6 is 0 Å². The van der Waals surface area contributed by atoms with E-state index in [4.69, 9.17) is 4.74 Å². The van der Waals surface area contributed by atoms with Gasteiger partial charge in [-0.25, -0.2) is 0 Å². The normalized spacial score (nSPS) is 21.9. The molecule has 18 heavy (non-hydrogen) atoms. The van der Waals surface area contributed by atoms with Crippen LogP contribution < -0.4 is 10.2 Å². The second-order valence-corrected chi connectivity index (χ2v) is 4.67. The SMILES string of the molecule is CNC(C)c1ccccc1N1CCOCC1CO. The summed E-state index contributed by atoms with van der Waals surface area (Å²) in [5.41, 5.74) is 2.46. The first-order valence-electron chi connectivity index (χ1n) is 6.49. The Morgan fingerprint density at radius 2 is 2.28 bits per heavy atom. The predicted octanol–water partition coefficient (Wildman–Crippen LogP) is 1.16. The van der Waals surface area contributed by atoms with E-state index >= 15 is 0 Å². The summed E-state index contributed by atoms with van der Waals surface area (Å²) in [5, 5.41) is 12.7. The van der Waals surface area contributed by atoms with E-state index in [9.17, 15) is 5.11 Å². The molecule has 2 N–H and O–H groups in total. The number of hydrogen-bond donors (Lipinski definition) is 2. The van der Waals surface area contributed by atoms with Crippen molar-refractivity contribution < 1.29 is 9.84 Å². The predicted molar refractivity (Wildman–Crippen MR) is 73.0 cm³/mol. The second-order valence-electron chi connectivity index (χ2n) is 4.67. The van der Waals surface area contributed by atoms with Crippen molar-refractivity contribution in [2.75, 3.05) is 38.3 Å². The van der Waals surface area contributed by atoms with E-state index in [1.54, 1.807) is 0 Å². The van der Waals surface area contributed by atoms with Crippen LogP contribution in [0.3, 0.4) is 0 Å². The smallest absolute Gasteiger partial charge is 0.0755 e. The van der Waals surface area contributed by atoms with Gasteiger partial charge in [-0.3, -0.25) is 0 Å². The zero-order valence-corrected chi connectivity index (χ0v) is 11.1. The summed E-state index contributed by atoms with van der Waals surface area (Å²) in [7, 11) is 1.96. The molecule has 0 aliphatic carbocycles. The van der Waals surface area contributed by atoms with Crippen molar-refractivity contribution in [1.82, 2.24) is 5.32 Å². The van der Waals surface area contributed by atoms with Gasteiger partial charge in [0.15, 0.2) is 0 Å². The molecule has 0 bridgehead atoms. The topological polar surface area (TPSA) is 44.7 Å². The fourth-order valence-electron chi connectivity index (χ4n) is 2.39. The summed E-state index contributed by atoms with van der Waals surface area (Å²) in [4.78, 5) is 2.26. The lowest BCUT2D eigenvalue weighted by Crippen LogP contribution is -2.48. The molecule has 4 heteroatoms. The molecule has 1 aromatic carbocycles. The first-order chi connectivity index (χ1) is 8.77. The Labute approximate surface area is 109 Å². The third kappa shape index (κ3) is 2.66. The van der Waals surface area contributed by atoms with Crippen LogP contribution in [0.1, 0.15) is 18.5 Å². The molecule has 1 saturated heterocycles. The Morgan fingerprint density at radius 1 is 1.50 bits per heavy atom. The third-order valence-corrected chi connectivity index (χ3v) is 3.58. The molecule has 0 spiro atoms. The van der Waals surface area contributed by atoms with Gasteiger partial charge < -0.3 is 20.1 Å². The highest BCUT2D eigenvalue weighted by molar-refractivity contribution is 5.56. The average molecular weight is 250 g/mol. The number of aliphatic hydroxyl groups is 1. The number of anilines is 1. The van der Waals surface area contributed by atoms with Gasteiger partial charge in [0.2, 0.25) is 0 Å². The van der Waals surface area contributed by atoms with Gasteiger partial charge in [0.1, 0.15) is 0 Å². The van der Waals surface area contributed by atoms with Crippen LogP contribution in [-0.4, -0.2) is 44.6 Å². The number of rotatable bonds is 4. The molecule has 1 fully saturated rings. The fourth-order valence-corrected chi connectivity index (χ4v) is 2.39. The van der Waals surface area contributed by atoms with Gasteiger partial charge in [-0.05, 0) is 25.6 Å². The van der Waals surface area contributed by atoms with Crippen molar-refractivity contribution >= 4 is 5.69 Å². The molecule has 1 aromatic rings. The van der Waals surface area contributed by atoms with Crippen LogP contribution in [0.25, 0.3) is 0 Å². The van der Waals surface area contributed by atoms with Crippen molar-refractivity contribution in [3.05, 3.63) is 29.8 Å². The molecule has 2 rings (SSSR count). The van der Waals surface area contributed by atoms with Crippen molar-refractivity contribution in [3.8, 4) is 0 Å². The second kappa shape index (κ2) is 6.18. The quantitative estimate of drug-likeness (QED) is 0.842. The first-order valence-corrected chi connectivity index (χ1v) is 6.49. The first kappa shape index (κ1) is 13.3. The minimum atomic E-state index is 0.0592. The maximum absolute atomic E-state index is 9.47. The van der Waals surface area contributed by atoms with Crippen LogP contribution in [0.4, 0.5) is 5.69 Å². The molecule has 0 saturated carbocycles. The monoisotopic (exact) mass is 250 g/mol. The highest BCUT2D eigenvalue weighted by atomic mass is 16.5. The lowest BCUT2D eigenvalue weighted by molar-refractivity contribution is 0.0726. The fraction of sp³-hybridized carbons (Fsp3) is 0.571. The van der Waals surface area contributed by atoms with E-state index in [1.807, 2.05) is 13.1 Å². The molecular weight excluding hydrogens is 228 g/mol. The summed E-state index contributed by atoms with van der Waals surface area (Å²) in [6.07, 6.45) is 0. The summed E-state index contributed by atoms with van der Waals surface area (Å²) >= 11 is 0. The number of benzene rings is 1. The summed E-state index contributed by atoms with van der Waals surface area (Å²) < 4.78 is 5.43. The molecular formula is C14H22N2O2. The average Bonchev–Trinajstić information content (AvgIpc) is 2.46. The Morgan fingerprint density at radius 3 is 3.00 bits per heavy atom. The van der Waals surface area contributed by atoms with Gasteiger partial charge in [-0.1, -0.05) is 18.2 Å². The number of ether oxygens (including phenoxy) is 1. The minimum Gasteiger partial charge on any atom is -0.394 e. The Kier molecular flexibility index (Phi) is 4.58. The Balaban J connectivity index is 2.30. The van der Waals surface area contributed by atoms with Gasteiger partial charge in [-0.15, -0.1) is 0 Å². The highest BCUT2D eigenvalue weighted by Crippen LogP contribution is 2.28. The van der Waals surface area contributed by atoms with Gasteiger partial charge >= 0.3 is 0 Å². The van der Waals surface area contributed by atoms with Crippen LogP contribution in [0.5, 0.6) is 0 Å². The summed E-state index contributed by atoms with van der Waals surface area (Å²) in [5.74, 6) is 0. The van der Waals surface area contributed by atoms with Crippen LogP contribution in [-0.2, 0) is 4.74 Å². The van der Waals surface area contributed by atoms with Crippen molar-refractivity contribution in [2.45, 2.75) is 19.0 Å². The van der Waals surface area contributed by atoms with Crippen LogP contribution in [0.2, 0.25) is 0 Å². The molecule has 1 aliphatic heterocycles. The molecule has 0 radical (unpaired) electrons. The number of aliphatic hydroxyl groups excluding tert-OH is 1. The number of nitrogens with one attached hydrogen (secondary N) is 1. The standard InChI is InChI=1S/C14H22N2O2/c1-11(15-2)13-5-3-4-6-14(13)16-7-8-18-10-12(16)9-17/h3-6,11-12,15,17H,7-10H2,1-2H3. The zero-order chi connectivity index (χ0) is 13.0. The number of morpholine rings is 1. The lowest BCUT2D eigenvalue weighted by atomic mass is 10.0. The van der Waals surface area contributed by atoms with Gasteiger partial charge in [0.25, 0.3) is 0 Å². The van der Waals surface area contributed by atoms with Gasteiger partial charge in [0, 0.05) is 18.3 Å². The van der Waals surface area contributed by atoms with Crippen LogP contribution in [0.15, 0.2) is 24.3 Å². The molecule has 100 valence electrons. The summed E-state index contributed by atoms with van der Waals surface area (Å²) in [6.45, 7) is 4.42. The van der Waals surface area contributed by atoms with Gasteiger partial charge in [0.05, 0.1) is 25.9 Å². The zero-order valence-electron chi connectivity index (χ0n) is 11.1. The maximum Gasteiger partial charge on any atom is 0.0755 e. The highest BCUT2D eigenvalue weighted by Gasteiger charge is 2.25. The van der Waals surface area contributed by atoms with E-state index in [0.717, 1.165) is 13.2 Å². The van der Waals surface area contributed by atoms with Crippen LogP contribution in [0, 0.1) is 0 Å². The molecule has 0 aromatic heterocycles. The minimum absolute atomic E-state index is 0.0592. The Bertz CT molecular complexity index is 384. The van der Waals surface area contributed by atoms with Crippen molar-refractivity contribution in [3.63, 3.8) is 0 Å². The molecule has 4 nitrogen and oxygen atoms in total. The number of hydrogen-bond acceptors (Lipinski definition) is 4.